The quantitative estimate of drug-likeness (QED) is 0.184. The van der Waals surface area contributed by atoms with E-state index in [1.54, 1.807) is 42.7 Å². The van der Waals surface area contributed by atoms with Crippen LogP contribution in [0.25, 0.3) is 22.6 Å². The molecule has 4 aromatic heterocycles. The van der Waals surface area contributed by atoms with Crippen LogP contribution in [0.5, 0.6) is 0 Å². The van der Waals surface area contributed by atoms with Gasteiger partial charge in [0.1, 0.15) is 20.8 Å². The van der Waals surface area contributed by atoms with Gasteiger partial charge in [-0.3, -0.25) is 13.6 Å². The summed E-state index contributed by atoms with van der Waals surface area (Å²) in [5, 5.41) is 1.30. The van der Waals surface area contributed by atoms with Gasteiger partial charge in [0.25, 0.3) is 0 Å². The lowest BCUT2D eigenvalue weighted by molar-refractivity contribution is -0.143. The molecule has 11 heteroatoms. The molecular weight excluding hydrogens is 627 g/mol. The average molecular weight is 645 g/mol. The van der Waals surface area contributed by atoms with Crippen LogP contribution in [0.1, 0.15) is 18.4 Å². The average Bonchev–Trinajstić information content (AvgIpc) is 3.40. The third kappa shape index (κ3) is 6.77. The zero-order valence-electron chi connectivity index (χ0n) is 18.5. The second-order valence-electron chi connectivity index (χ2n) is 7.90. The summed E-state index contributed by atoms with van der Waals surface area (Å²) in [6.45, 7) is 0. The maximum Gasteiger partial charge on any atom is 0.389 e. The zero-order valence-corrected chi connectivity index (χ0v) is 22.2. The number of halogens is 6. The Morgan fingerprint density at radius 3 is 2.25 bits per heavy atom. The highest BCUT2D eigenvalue weighted by atomic mass is 127. The van der Waals surface area contributed by atoms with Crippen LogP contribution in [0.15, 0.2) is 73.3 Å². The number of benzene rings is 1. The second kappa shape index (κ2) is 11.2. The van der Waals surface area contributed by atoms with Crippen LogP contribution in [0, 0.1) is 3.70 Å². The molecule has 5 aromatic rings. The molecule has 0 amide bonds. The molecule has 0 aliphatic heterocycles. The van der Waals surface area contributed by atoms with Crippen LogP contribution in [0.3, 0.4) is 0 Å². The van der Waals surface area contributed by atoms with Gasteiger partial charge in [-0.05, 0) is 46.4 Å². The standard InChI is InChI=1S/C18H14ClF3N2O.C7H4ClIN2/c19-14-5-7-24-16(11-23-17(24)10-14)13-3-1-2-12(8-13)9-15(25)4-6-18(20,21)22;8-5-1-2-11-6(9)4-10-7(11)3-5/h1-3,5,7-8,10-11H,4,6,9H2;1-4H. The number of aromatic nitrogens is 4. The number of ketones is 1. The van der Waals surface area contributed by atoms with E-state index in [9.17, 15) is 18.0 Å². The van der Waals surface area contributed by atoms with Crippen molar-refractivity contribution >= 4 is 62.9 Å². The molecule has 0 saturated carbocycles. The summed E-state index contributed by atoms with van der Waals surface area (Å²) < 4.78 is 41.6. The van der Waals surface area contributed by atoms with E-state index in [1.807, 2.05) is 39.4 Å². The highest BCUT2D eigenvalue weighted by Gasteiger charge is 2.27. The molecule has 5 nitrogen and oxygen atoms in total. The van der Waals surface area contributed by atoms with Gasteiger partial charge in [0, 0.05) is 53.0 Å². The smallest absolute Gasteiger partial charge is 0.300 e. The fourth-order valence-corrected chi connectivity index (χ4v) is 4.39. The molecule has 5 rings (SSSR count). The van der Waals surface area contributed by atoms with Crippen molar-refractivity contribution in [1.29, 1.82) is 0 Å². The van der Waals surface area contributed by atoms with Gasteiger partial charge in [0.2, 0.25) is 0 Å². The number of Topliss-reactive ketones (excluding diaryl/α,β-unsaturated/α-hetero) is 1. The summed E-state index contributed by atoms with van der Waals surface area (Å²) in [6.07, 6.45) is 1.29. The number of nitrogens with zero attached hydrogens (tertiary/aromatic N) is 4. The van der Waals surface area contributed by atoms with E-state index in [0.717, 1.165) is 25.6 Å². The van der Waals surface area contributed by atoms with Gasteiger partial charge in [-0.15, -0.1) is 0 Å². The predicted octanol–water partition coefficient (Wildman–Crippen LogP) is 7.70. The summed E-state index contributed by atoms with van der Waals surface area (Å²) in [6, 6.07) is 14.3. The summed E-state index contributed by atoms with van der Waals surface area (Å²) in [7, 11) is 0. The van der Waals surface area contributed by atoms with Crippen LogP contribution >= 0.6 is 45.8 Å². The Morgan fingerprint density at radius 1 is 0.917 bits per heavy atom. The molecule has 186 valence electrons. The molecule has 0 aliphatic carbocycles. The third-order valence-electron chi connectivity index (χ3n) is 5.22. The largest absolute Gasteiger partial charge is 0.389 e. The number of carbonyl (C=O) groups is 1. The molecule has 0 radical (unpaired) electrons. The lowest BCUT2D eigenvalue weighted by Crippen LogP contribution is -2.12. The first-order chi connectivity index (χ1) is 17.1. The third-order valence-corrected chi connectivity index (χ3v) is 6.49. The molecule has 0 saturated heterocycles. The lowest BCUT2D eigenvalue weighted by atomic mass is 10.0. The van der Waals surface area contributed by atoms with Crippen LogP contribution in [0.2, 0.25) is 10.0 Å². The number of hydrogen-bond acceptors (Lipinski definition) is 3. The minimum Gasteiger partial charge on any atom is -0.300 e. The minimum absolute atomic E-state index is 0.0213. The Morgan fingerprint density at radius 2 is 1.56 bits per heavy atom. The number of rotatable bonds is 5. The number of hydrogen-bond donors (Lipinski definition) is 0. The molecule has 0 unspecified atom stereocenters. The van der Waals surface area contributed by atoms with Crippen molar-refractivity contribution in [2.45, 2.75) is 25.4 Å². The predicted molar refractivity (Wildman–Crippen MR) is 143 cm³/mol. The number of carbonyl (C=O) groups excluding carboxylic acids is 1. The van der Waals surface area contributed by atoms with E-state index < -0.39 is 24.8 Å². The Kier molecular flexibility index (Phi) is 8.21. The first kappa shape index (κ1) is 26.4. The molecule has 0 N–H and O–H groups in total. The van der Waals surface area contributed by atoms with E-state index >= 15 is 0 Å². The Hall–Kier alpha value is -2.63. The molecule has 0 spiro atoms. The van der Waals surface area contributed by atoms with E-state index in [4.69, 9.17) is 23.2 Å². The van der Waals surface area contributed by atoms with Crippen LogP contribution in [0.4, 0.5) is 13.2 Å². The Bertz CT molecular complexity index is 1530. The van der Waals surface area contributed by atoms with Crippen LogP contribution in [-0.2, 0) is 11.2 Å². The van der Waals surface area contributed by atoms with E-state index in [2.05, 4.69) is 32.6 Å². The van der Waals surface area contributed by atoms with Gasteiger partial charge >= 0.3 is 6.18 Å². The molecule has 36 heavy (non-hydrogen) atoms. The monoisotopic (exact) mass is 644 g/mol. The topological polar surface area (TPSA) is 51.7 Å². The first-order valence-electron chi connectivity index (χ1n) is 10.7. The zero-order chi connectivity index (χ0) is 25.9. The fourth-order valence-electron chi connectivity index (χ4n) is 3.53. The van der Waals surface area contributed by atoms with E-state index in [0.29, 0.717) is 16.2 Å². The van der Waals surface area contributed by atoms with Gasteiger partial charge in [-0.1, -0.05) is 41.4 Å². The van der Waals surface area contributed by atoms with Gasteiger partial charge in [-0.25, -0.2) is 9.97 Å². The highest BCUT2D eigenvalue weighted by molar-refractivity contribution is 14.1. The summed E-state index contributed by atoms with van der Waals surface area (Å²) in [4.78, 5) is 20.2. The summed E-state index contributed by atoms with van der Waals surface area (Å²) >= 11 is 13.9. The number of fused-ring (bicyclic) bond motifs is 2. The maximum absolute atomic E-state index is 12.2. The van der Waals surface area contributed by atoms with Crippen molar-refractivity contribution in [3.63, 3.8) is 0 Å². The molecule has 0 bridgehead atoms. The van der Waals surface area contributed by atoms with Crippen molar-refractivity contribution in [2.24, 2.45) is 0 Å². The molecule has 0 fully saturated rings. The van der Waals surface area contributed by atoms with Gasteiger partial charge in [-0.2, -0.15) is 13.2 Å². The van der Waals surface area contributed by atoms with Crippen molar-refractivity contribution < 1.29 is 18.0 Å². The lowest BCUT2D eigenvalue weighted by Gasteiger charge is -2.07. The van der Waals surface area contributed by atoms with Crippen molar-refractivity contribution in [1.82, 2.24) is 18.8 Å². The normalized spacial score (nSPS) is 11.5. The highest BCUT2D eigenvalue weighted by Crippen LogP contribution is 2.25. The maximum atomic E-state index is 12.2. The molecule has 0 aliphatic rings. The van der Waals surface area contributed by atoms with Gasteiger partial charge in [0.15, 0.2) is 0 Å². The van der Waals surface area contributed by atoms with E-state index in [1.165, 1.54) is 0 Å². The molecule has 1 aromatic carbocycles. The number of pyridine rings is 2. The minimum atomic E-state index is -4.31. The van der Waals surface area contributed by atoms with Crippen molar-refractivity contribution in [3.05, 3.63) is 92.6 Å². The SMILES string of the molecule is Clc1ccn2c(I)cnc2c1.O=C(CCC(F)(F)F)Cc1cccc(-c2cnc3cc(Cl)ccn23)c1. The second-order valence-corrected chi connectivity index (χ2v) is 9.88. The van der Waals surface area contributed by atoms with Crippen molar-refractivity contribution in [2.75, 3.05) is 0 Å². The van der Waals surface area contributed by atoms with Gasteiger partial charge < -0.3 is 0 Å². The molecular formula is C25H18Cl2F3IN4O. The first-order valence-corrected chi connectivity index (χ1v) is 12.5. The van der Waals surface area contributed by atoms with Crippen LogP contribution < -0.4 is 0 Å². The molecule has 4 heterocycles. The van der Waals surface area contributed by atoms with E-state index in [-0.39, 0.29) is 6.42 Å². The Labute approximate surface area is 228 Å². The fraction of sp³-hybridized carbons (Fsp3) is 0.160. The van der Waals surface area contributed by atoms with Crippen molar-refractivity contribution in [3.8, 4) is 11.3 Å². The molecule has 0 atom stereocenters. The number of imidazole rings is 2. The number of alkyl halides is 3. The summed E-state index contributed by atoms with van der Waals surface area (Å²) in [5.74, 6) is -0.431. The summed E-state index contributed by atoms with van der Waals surface area (Å²) in [5.41, 5.74) is 3.90. The Balaban J connectivity index is 0.000000229. The van der Waals surface area contributed by atoms with Gasteiger partial charge in [0.05, 0.1) is 24.5 Å². The van der Waals surface area contributed by atoms with Crippen LogP contribution in [-0.4, -0.2) is 30.7 Å².